The molecule has 0 aromatic rings. The number of hydrogen-bond donors (Lipinski definition) is 1. The second kappa shape index (κ2) is 5.84. The minimum atomic E-state index is -4.28. The standard InChI is InChI=1S/C10H17F3O3/c11-10(12,13)8-16-6-3-9(7-14)1-4-15-5-2-9/h14H,1-8H2. The van der Waals surface area contributed by atoms with Gasteiger partial charge in [-0.3, -0.25) is 0 Å². The maximum absolute atomic E-state index is 11.8. The summed E-state index contributed by atoms with van der Waals surface area (Å²) in [4.78, 5) is 0. The number of halogens is 3. The van der Waals surface area contributed by atoms with Crippen LogP contribution in [0, 0.1) is 5.41 Å². The van der Waals surface area contributed by atoms with Gasteiger partial charge in [0.15, 0.2) is 0 Å². The summed E-state index contributed by atoms with van der Waals surface area (Å²) in [6.45, 7) is -0.101. The molecule has 0 bridgehead atoms. The molecule has 0 aliphatic carbocycles. The predicted molar refractivity (Wildman–Crippen MR) is 51.1 cm³/mol. The van der Waals surface area contributed by atoms with Gasteiger partial charge in [-0.1, -0.05) is 0 Å². The van der Waals surface area contributed by atoms with Gasteiger partial charge in [-0.25, -0.2) is 0 Å². The summed E-state index contributed by atoms with van der Waals surface area (Å²) in [5, 5.41) is 9.27. The zero-order valence-corrected chi connectivity index (χ0v) is 9.05. The number of rotatable bonds is 5. The van der Waals surface area contributed by atoms with Gasteiger partial charge in [-0.2, -0.15) is 13.2 Å². The van der Waals surface area contributed by atoms with Gasteiger partial charge in [-0.15, -0.1) is 0 Å². The van der Waals surface area contributed by atoms with Crippen LogP contribution in [-0.2, 0) is 9.47 Å². The molecule has 6 heteroatoms. The Morgan fingerprint density at radius 2 is 1.88 bits per heavy atom. The van der Waals surface area contributed by atoms with Gasteiger partial charge in [0.05, 0.1) is 0 Å². The van der Waals surface area contributed by atoms with Crippen LogP contribution in [-0.4, -0.2) is 44.3 Å². The molecular weight excluding hydrogens is 225 g/mol. The molecule has 1 saturated heterocycles. The van der Waals surface area contributed by atoms with Crippen molar-refractivity contribution in [3.8, 4) is 0 Å². The van der Waals surface area contributed by atoms with E-state index in [0.717, 1.165) is 0 Å². The highest BCUT2D eigenvalue weighted by Crippen LogP contribution is 2.33. The van der Waals surface area contributed by atoms with E-state index in [1.54, 1.807) is 0 Å². The number of aliphatic hydroxyl groups excluding tert-OH is 1. The largest absolute Gasteiger partial charge is 0.411 e. The Balaban J connectivity index is 2.23. The molecule has 16 heavy (non-hydrogen) atoms. The van der Waals surface area contributed by atoms with E-state index in [2.05, 4.69) is 4.74 Å². The van der Waals surface area contributed by atoms with E-state index in [1.165, 1.54) is 0 Å². The van der Waals surface area contributed by atoms with Crippen molar-refractivity contribution in [1.29, 1.82) is 0 Å². The molecule has 0 aromatic heterocycles. The number of aliphatic hydroxyl groups is 1. The summed E-state index contributed by atoms with van der Waals surface area (Å²) < 4.78 is 45.1. The maximum atomic E-state index is 11.8. The summed E-state index contributed by atoms with van der Waals surface area (Å²) in [6.07, 6.45) is -2.47. The van der Waals surface area contributed by atoms with Gasteiger partial charge in [-0.05, 0) is 19.3 Å². The van der Waals surface area contributed by atoms with E-state index in [9.17, 15) is 18.3 Å². The molecule has 96 valence electrons. The van der Waals surface area contributed by atoms with Crippen LogP contribution in [0.1, 0.15) is 19.3 Å². The lowest BCUT2D eigenvalue weighted by atomic mass is 9.78. The van der Waals surface area contributed by atoms with Crippen molar-refractivity contribution in [2.24, 2.45) is 5.41 Å². The van der Waals surface area contributed by atoms with E-state index in [1.807, 2.05) is 0 Å². The summed E-state index contributed by atoms with van der Waals surface area (Å²) in [5.74, 6) is 0. The van der Waals surface area contributed by atoms with E-state index >= 15 is 0 Å². The summed E-state index contributed by atoms with van der Waals surface area (Å²) in [5.41, 5.74) is -0.316. The van der Waals surface area contributed by atoms with Crippen LogP contribution in [0.4, 0.5) is 13.2 Å². The van der Waals surface area contributed by atoms with Gasteiger partial charge in [0, 0.05) is 31.8 Å². The first-order chi connectivity index (χ1) is 7.47. The lowest BCUT2D eigenvalue weighted by Gasteiger charge is -2.35. The Labute approximate surface area is 92.5 Å². The Morgan fingerprint density at radius 1 is 1.25 bits per heavy atom. The molecule has 1 aliphatic rings. The second-order valence-corrected chi connectivity index (χ2v) is 4.19. The molecule has 1 aliphatic heterocycles. The van der Waals surface area contributed by atoms with Crippen molar-refractivity contribution < 1.29 is 27.8 Å². The SMILES string of the molecule is OCC1(CCOCC(F)(F)F)CCOCC1. The quantitative estimate of drug-likeness (QED) is 0.746. The van der Waals surface area contributed by atoms with Crippen LogP contribution < -0.4 is 0 Å². The molecule has 0 atom stereocenters. The molecule has 1 rings (SSSR count). The minimum absolute atomic E-state index is 0.0221. The average molecular weight is 242 g/mol. The molecule has 1 heterocycles. The molecule has 0 saturated carbocycles. The minimum Gasteiger partial charge on any atom is -0.396 e. The summed E-state index contributed by atoms with van der Waals surface area (Å²) in [6, 6.07) is 0. The lowest BCUT2D eigenvalue weighted by Crippen LogP contribution is -2.34. The first-order valence-corrected chi connectivity index (χ1v) is 5.31. The first kappa shape index (κ1) is 13.7. The van der Waals surface area contributed by atoms with Crippen LogP contribution in [0.3, 0.4) is 0 Å². The van der Waals surface area contributed by atoms with Crippen molar-refractivity contribution in [2.45, 2.75) is 25.4 Å². The van der Waals surface area contributed by atoms with Crippen molar-refractivity contribution in [2.75, 3.05) is 33.0 Å². The smallest absolute Gasteiger partial charge is 0.396 e. The molecule has 0 amide bonds. The average Bonchev–Trinajstić information content (AvgIpc) is 2.25. The lowest BCUT2D eigenvalue weighted by molar-refractivity contribution is -0.176. The fraction of sp³-hybridized carbons (Fsp3) is 1.00. The van der Waals surface area contributed by atoms with Crippen molar-refractivity contribution in [3.05, 3.63) is 0 Å². The molecule has 0 unspecified atom stereocenters. The van der Waals surface area contributed by atoms with Crippen LogP contribution in [0.15, 0.2) is 0 Å². The first-order valence-electron chi connectivity index (χ1n) is 5.31. The summed E-state index contributed by atoms with van der Waals surface area (Å²) >= 11 is 0. The van der Waals surface area contributed by atoms with Crippen molar-refractivity contribution >= 4 is 0 Å². The highest BCUT2D eigenvalue weighted by atomic mass is 19.4. The third-order valence-corrected chi connectivity index (χ3v) is 2.93. The molecule has 1 fully saturated rings. The molecular formula is C10H17F3O3. The van der Waals surface area contributed by atoms with Crippen LogP contribution in [0.5, 0.6) is 0 Å². The van der Waals surface area contributed by atoms with Crippen LogP contribution >= 0.6 is 0 Å². The number of hydrogen-bond acceptors (Lipinski definition) is 3. The van der Waals surface area contributed by atoms with Crippen molar-refractivity contribution in [1.82, 2.24) is 0 Å². The van der Waals surface area contributed by atoms with E-state index < -0.39 is 12.8 Å². The maximum Gasteiger partial charge on any atom is 0.411 e. The van der Waals surface area contributed by atoms with E-state index in [0.29, 0.717) is 32.5 Å². The molecule has 0 aromatic carbocycles. The third-order valence-electron chi connectivity index (χ3n) is 2.93. The fourth-order valence-corrected chi connectivity index (χ4v) is 1.77. The third kappa shape index (κ3) is 4.67. The van der Waals surface area contributed by atoms with Gasteiger partial charge in [0.2, 0.25) is 0 Å². The van der Waals surface area contributed by atoms with E-state index in [-0.39, 0.29) is 18.6 Å². The zero-order chi connectivity index (χ0) is 12.1. The fourth-order valence-electron chi connectivity index (χ4n) is 1.77. The van der Waals surface area contributed by atoms with Crippen molar-refractivity contribution in [3.63, 3.8) is 0 Å². The topological polar surface area (TPSA) is 38.7 Å². The van der Waals surface area contributed by atoms with Gasteiger partial charge >= 0.3 is 6.18 Å². The van der Waals surface area contributed by atoms with Gasteiger partial charge < -0.3 is 14.6 Å². The zero-order valence-electron chi connectivity index (χ0n) is 9.05. The van der Waals surface area contributed by atoms with E-state index in [4.69, 9.17) is 4.74 Å². The Bertz CT molecular complexity index is 200. The highest BCUT2D eigenvalue weighted by Gasteiger charge is 2.32. The number of ether oxygens (including phenoxy) is 2. The summed E-state index contributed by atoms with van der Waals surface area (Å²) in [7, 11) is 0. The Morgan fingerprint density at radius 3 is 2.38 bits per heavy atom. The number of alkyl halides is 3. The molecule has 0 radical (unpaired) electrons. The predicted octanol–water partition coefficient (Wildman–Crippen LogP) is 1.74. The normalized spacial score (nSPS) is 21.0. The van der Waals surface area contributed by atoms with Gasteiger partial charge in [0.1, 0.15) is 6.61 Å². The molecule has 3 nitrogen and oxygen atoms in total. The second-order valence-electron chi connectivity index (χ2n) is 4.19. The van der Waals surface area contributed by atoms with Crippen LogP contribution in [0.2, 0.25) is 0 Å². The molecule has 1 N–H and O–H groups in total. The van der Waals surface area contributed by atoms with Crippen LogP contribution in [0.25, 0.3) is 0 Å². The Kier molecular flexibility index (Phi) is 5.01. The Hall–Kier alpha value is -0.330. The molecule has 0 spiro atoms. The van der Waals surface area contributed by atoms with Gasteiger partial charge in [0.25, 0.3) is 0 Å². The highest BCUT2D eigenvalue weighted by molar-refractivity contribution is 4.81. The monoisotopic (exact) mass is 242 g/mol.